The maximum atomic E-state index is 13.2. The molecule has 3 fully saturated rings. The summed E-state index contributed by atoms with van der Waals surface area (Å²) in [5.41, 5.74) is 2.43. The highest BCUT2D eigenvalue weighted by Crippen LogP contribution is 2.43. The third-order valence-electron chi connectivity index (χ3n) is 7.34. The molecule has 6 nitrogen and oxygen atoms in total. The molecule has 2 atom stereocenters. The van der Waals surface area contributed by atoms with Crippen molar-refractivity contribution in [3.05, 3.63) is 107 Å². The molecule has 0 spiro atoms. The average molecular weight is 542 g/mol. The Hall–Kier alpha value is -3.69. The van der Waals surface area contributed by atoms with E-state index in [1.807, 2.05) is 12.1 Å². The fraction of sp³-hybridized carbons (Fsp3) is 0.333. The molecule has 6 rings (SSSR count). The Balaban J connectivity index is 0.000000531. The minimum Gasteiger partial charge on any atom is -0.473 e. The van der Waals surface area contributed by atoms with E-state index < -0.39 is 23.7 Å². The molecule has 206 valence electrons. The lowest BCUT2D eigenvalue weighted by Crippen LogP contribution is -2.60. The van der Waals surface area contributed by atoms with Crippen LogP contribution >= 0.6 is 0 Å². The van der Waals surface area contributed by atoms with Crippen molar-refractivity contribution < 1.29 is 37.7 Å². The lowest BCUT2D eigenvalue weighted by molar-refractivity contribution is -0.159. The van der Waals surface area contributed by atoms with Crippen LogP contribution in [0.3, 0.4) is 0 Å². The number of halogens is 3. The molecule has 9 heteroatoms. The number of hydrogen-bond acceptors (Lipinski definition) is 4. The van der Waals surface area contributed by atoms with Crippen molar-refractivity contribution in [1.82, 2.24) is 4.90 Å². The number of alkyl halides is 3. The van der Waals surface area contributed by atoms with Crippen molar-refractivity contribution in [3.8, 4) is 0 Å². The number of piperidine rings is 3. The lowest BCUT2D eigenvalue weighted by Gasteiger charge is -2.53. The van der Waals surface area contributed by atoms with Crippen LogP contribution in [0.1, 0.15) is 41.0 Å². The number of carboxylic acid groups (broad SMARTS) is 2. The summed E-state index contributed by atoms with van der Waals surface area (Å²) in [5, 5.41) is 14.8. The largest absolute Gasteiger partial charge is 0.473 e. The zero-order valence-corrected chi connectivity index (χ0v) is 21.1. The minimum atomic E-state index is -4.35. The molecule has 39 heavy (non-hydrogen) atoms. The van der Waals surface area contributed by atoms with Crippen LogP contribution in [-0.4, -0.2) is 52.3 Å². The Morgan fingerprint density at radius 3 is 1.87 bits per heavy atom. The van der Waals surface area contributed by atoms with Crippen LogP contribution in [0.25, 0.3) is 0 Å². The lowest BCUT2D eigenvalue weighted by atomic mass is 9.72. The first kappa shape index (κ1) is 28.3. The van der Waals surface area contributed by atoms with Gasteiger partial charge < -0.3 is 14.9 Å². The van der Waals surface area contributed by atoms with E-state index in [2.05, 4.69) is 53.4 Å². The first-order chi connectivity index (χ1) is 18.6. The molecule has 0 amide bonds. The second kappa shape index (κ2) is 12.4. The molecular weight excluding hydrogens is 511 g/mol. The van der Waals surface area contributed by atoms with Gasteiger partial charge in [0, 0.05) is 12.0 Å². The third kappa shape index (κ3) is 7.04. The molecule has 0 aromatic heterocycles. The number of fused-ring (bicyclic) bond motifs is 3. The van der Waals surface area contributed by atoms with Crippen LogP contribution in [0.2, 0.25) is 0 Å². The summed E-state index contributed by atoms with van der Waals surface area (Å²) in [6, 6.07) is 26.7. The van der Waals surface area contributed by atoms with Crippen molar-refractivity contribution in [2.75, 3.05) is 13.1 Å². The maximum absolute atomic E-state index is 13.2. The first-order valence-electron chi connectivity index (χ1n) is 12.7. The van der Waals surface area contributed by atoms with E-state index in [0.717, 1.165) is 32.0 Å². The second-order valence-corrected chi connectivity index (χ2v) is 9.75. The Bertz CT molecular complexity index is 1190. The summed E-state index contributed by atoms with van der Waals surface area (Å²) in [7, 11) is 0. The van der Waals surface area contributed by atoms with Gasteiger partial charge in [-0.05, 0) is 60.7 Å². The highest BCUT2D eigenvalue weighted by atomic mass is 19.4. The average Bonchev–Trinajstić information content (AvgIpc) is 2.94. The van der Waals surface area contributed by atoms with E-state index in [1.165, 1.54) is 23.3 Å². The smallest absolute Gasteiger partial charge is 0.416 e. The van der Waals surface area contributed by atoms with Gasteiger partial charge in [-0.3, -0.25) is 4.90 Å². The van der Waals surface area contributed by atoms with Crippen LogP contribution in [-0.2, 0) is 27.1 Å². The summed E-state index contributed by atoms with van der Waals surface area (Å²) in [6.07, 6.45) is -2.24. The predicted molar refractivity (Wildman–Crippen MR) is 138 cm³/mol. The molecule has 0 saturated carbocycles. The summed E-state index contributed by atoms with van der Waals surface area (Å²) in [4.78, 5) is 20.7. The third-order valence-corrected chi connectivity index (χ3v) is 7.34. The summed E-state index contributed by atoms with van der Waals surface area (Å²) in [6.45, 7) is 2.26. The van der Waals surface area contributed by atoms with Gasteiger partial charge in [-0.15, -0.1) is 0 Å². The van der Waals surface area contributed by atoms with Crippen LogP contribution < -0.4 is 0 Å². The number of hydrogen-bond donors (Lipinski definition) is 2. The number of aliphatic carboxylic acids is 2. The van der Waals surface area contributed by atoms with Gasteiger partial charge in [0.2, 0.25) is 0 Å². The molecule has 3 aliphatic rings. The number of rotatable bonds is 6. The van der Waals surface area contributed by atoms with E-state index in [0.29, 0.717) is 11.5 Å². The van der Waals surface area contributed by atoms with Gasteiger partial charge in [0.05, 0.1) is 18.3 Å². The maximum Gasteiger partial charge on any atom is 0.416 e. The number of benzene rings is 3. The van der Waals surface area contributed by atoms with Gasteiger partial charge in [-0.25, -0.2) is 9.59 Å². The second-order valence-electron chi connectivity index (χ2n) is 9.75. The Kier molecular flexibility index (Phi) is 9.04. The minimum absolute atomic E-state index is 0.0348. The molecule has 0 aliphatic carbocycles. The number of nitrogens with zero attached hydrogens (tertiary/aromatic N) is 1. The normalized spacial score (nSPS) is 22.2. The van der Waals surface area contributed by atoms with Gasteiger partial charge in [0.15, 0.2) is 0 Å². The fourth-order valence-electron chi connectivity index (χ4n) is 5.61. The van der Waals surface area contributed by atoms with Gasteiger partial charge in [-0.2, -0.15) is 13.2 Å². The van der Waals surface area contributed by atoms with Gasteiger partial charge in [0.25, 0.3) is 0 Å². The van der Waals surface area contributed by atoms with E-state index >= 15 is 0 Å². The molecule has 0 radical (unpaired) electrons. The van der Waals surface area contributed by atoms with Crippen molar-refractivity contribution in [2.45, 2.75) is 43.7 Å². The van der Waals surface area contributed by atoms with Gasteiger partial charge in [-0.1, -0.05) is 72.8 Å². The fourth-order valence-corrected chi connectivity index (χ4v) is 5.61. The monoisotopic (exact) mass is 541 g/mol. The van der Waals surface area contributed by atoms with Crippen LogP contribution in [0.4, 0.5) is 13.2 Å². The van der Waals surface area contributed by atoms with Crippen LogP contribution in [0, 0.1) is 5.92 Å². The Morgan fingerprint density at radius 1 is 0.846 bits per heavy atom. The Morgan fingerprint density at radius 2 is 1.38 bits per heavy atom. The quantitative estimate of drug-likeness (QED) is 0.391. The zero-order valence-electron chi connectivity index (χ0n) is 21.1. The predicted octanol–water partition coefficient (Wildman–Crippen LogP) is 5.67. The van der Waals surface area contributed by atoms with E-state index in [-0.39, 0.29) is 24.7 Å². The highest BCUT2D eigenvalue weighted by Gasteiger charge is 2.47. The van der Waals surface area contributed by atoms with Crippen LogP contribution in [0.15, 0.2) is 84.9 Å². The van der Waals surface area contributed by atoms with E-state index in [1.54, 1.807) is 6.07 Å². The Labute approximate surface area is 224 Å². The molecule has 2 bridgehead atoms. The highest BCUT2D eigenvalue weighted by molar-refractivity contribution is 6.27. The number of carboxylic acids is 2. The number of ether oxygens (including phenoxy) is 1. The van der Waals surface area contributed by atoms with E-state index in [4.69, 9.17) is 24.5 Å². The van der Waals surface area contributed by atoms with E-state index in [9.17, 15) is 13.2 Å². The standard InChI is InChI=1S/C28H28F3NO.C2H2O4/c29-28(30,31)24-13-7-8-20(18-24)19-33-27-23-14-16-32(17-15-23)26(27)25(21-9-3-1-4-10-21)22-11-5-2-6-12-22;3-1(4)2(5)6/h1-13,18,23,25-27H,14-17,19H2;(H,3,4)(H,5,6)/t26-,27-;/m1./s1. The molecule has 3 aromatic rings. The molecule has 3 heterocycles. The molecule has 3 aromatic carbocycles. The van der Waals surface area contributed by atoms with Crippen molar-refractivity contribution in [1.29, 1.82) is 0 Å². The topological polar surface area (TPSA) is 87.1 Å². The molecule has 3 saturated heterocycles. The van der Waals surface area contributed by atoms with Crippen molar-refractivity contribution in [3.63, 3.8) is 0 Å². The summed E-state index contributed by atoms with van der Waals surface area (Å²) < 4.78 is 46.0. The molecular formula is C30H30F3NO5. The molecule has 2 N–H and O–H groups in total. The van der Waals surface area contributed by atoms with Crippen LogP contribution in [0.5, 0.6) is 0 Å². The summed E-state index contributed by atoms with van der Waals surface area (Å²) in [5.74, 6) is -3.09. The molecule has 3 aliphatic heterocycles. The van der Waals surface area contributed by atoms with Crippen molar-refractivity contribution in [2.24, 2.45) is 5.92 Å². The van der Waals surface area contributed by atoms with Gasteiger partial charge in [0.1, 0.15) is 0 Å². The van der Waals surface area contributed by atoms with Crippen molar-refractivity contribution >= 4 is 11.9 Å². The number of carbonyl (C=O) groups is 2. The zero-order chi connectivity index (χ0) is 28.0. The molecule has 0 unspecified atom stereocenters. The first-order valence-corrected chi connectivity index (χ1v) is 12.7. The summed E-state index contributed by atoms with van der Waals surface area (Å²) >= 11 is 0. The SMILES string of the molecule is FC(F)(F)c1cccc(CO[C@@H]2C3CCN(CC3)[C@@H]2C(c2ccccc2)c2ccccc2)c1.O=C(O)C(=O)O. The van der Waals surface area contributed by atoms with Gasteiger partial charge >= 0.3 is 18.1 Å².